The van der Waals surface area contributed by atoms with E-state index in [0.717, 1.165) is 12.2 Å². The van der Waals surface area contributed by atoms with E-state index in [2.05, 4.69) is 109 Å². The molecule has 0 aliphatic heterocycles. The van der Waals surface area contributed by atoms with Gasteiger partial charge in [0.25, 0.3) is 0 Å². The highest BCUT2D eigenvalue weighted by Crippen LogP contribution is 2.45. The van der Waals surface area contributed by atoms with Crippen molar-refractivity contribution in [1.29, 1.82) is 0 Å². The summed E-state index contributed by atoms with van der Waals surface area (Å²) in [6.45, 7) is 4.33. The van der Waals surface area contributed by atoms with Crippen LogP contribution in [0.2, 0.25) is 0 Å². The van der Waals surface area contributed by atoms with Crippen molar-refractivity contribution in [3.05, 3.63) is 107 Å². The minimum absolute atomic E-state index is 0.296. The molecule has 2 heteroatoms. The predicted molar refractivity (Wildman–Crippen MR) is 119 cm³/mol. The number of aryl methyl sites for hydroxylation is 3. The Morgan fingerprint density at radius 3 is 2.04 bits per heavy atom. The van der Waals surface area contributed by atoms with Crippen molar-refractivity contribution in [3.63, 3.8) is 0 Å². The SMILES string of the molecule is Cc1cccc([C@H](Br)[C@@H](SCCc2ccccc2)c2cccc(C)c2)c1. The molecular weight excluding hydrogens is 400 g/mol. The molecule has 0 heterocycles. The molecule has 0 fully saturated rings. The van der Waals surface area contributed by atoms with E-state index < -0.39 is 0 Å². The minimum Gasteiger partial charge on any atom is -0.152 e. The van der Waals surface area contributed by atoms with E-state index in [-0.39, 0.29) is 0 Å². The Morgan fingerprint density at radius 2 is 1.38 bits per heavy atom. The second-order valence-corrected chi connectivity index (χ2v) is 8.99. The molecule has 134 valence electrons. The molecule has 3 rings (SSSR count). The molecule has 0 nitrogen and oxygen atoms in total. The third-order valence-corrected chi connectivity index (χ3v) is 7.28. The van der Waals surface area contributed by atoms with Crippen molar-refractivity contribution in [3.8, 4) is 0 Å². The molecule has 0 aliphatic rings. The number of rotatable bonds is 7. The Kier molecular flexibility index (Phi) is 6.99. The summed E-state index contributed by atoms with van der Waals surface area (Å²) in [4.78, 5) is 0.296. The van der Waals surface area contributed by atoms with Gasteiger partial charge in [0.1, 0.15) is 0 Å². The van der Waals surface area contributed by atoms with Gasteiger partial charge in [0.2, 0.25) is 0 Å². The highest BCUT2D eigenvalue weighted by molar-refractivity contribution is 9.09. The first-order valence-electron chi connectivity index (χ1n) is 9.06. The van der Waals surface area contributed by atoms with Crippen LogP contribution in [-0.2, 0) is 6.42 Å². The lowest BCUT2D eigenvalue weighted by Gasteiger charge is -2.24. The molecule has 0 aromatic heterocycles. The summed E-state index contributed by atoms with van der Waals surface area (Å²) in [5.74, 6) is 1.11. The van der Waals surface area contributed by atoms with Gasteiger partial charge in [-0.05, 0) is 42.7 Å². The fourth-order valence-electron chi connectivity index (χ4n) is 3.16. The molecule has 0 bridgehead atoms. The first kappa shape index (κ1) is 19.3. The molecule has 0 spiro atoms. The Labute approximate surface area is 170 Å². The molecule has 0 unspecified atom stereocenters. The zero-order valence-corrected chi connectivity index (χ0v) is 17.8. The summed E-state index contributed by atoms with van der Waals surface area (Å²) in [7, 11) is 0. The molecule has 0 saturated carbocycles. The average Bonchev–Trinajstić information content (AvgIpc) is 2.65. The molecule has 26 heavy (non-hydrogen) atoms. The summed E-state index contributed by atoms with van der Waals surface area (Å²) in [6.07, 6.45) is 1.10. The minimum atomic E-state index is 0.296. The zero-order chi connectivity index (χ0) is 18.4. The standard InChI is InChI=1S/C24H25BrS/c1-18-8-6-12-21(16-18)23(25)24(22-13-7-9-19(2)17-22)26-15-14-20-10-4-3-5-11-20/h3-13,16-17,23-24H,14-15H2,1-2H3/t23-,24-/m0/s1. The number of thioether (sulfide) groups is 1. The first-order chi connectivity index (χ1) is 12.6. The summed E-state index contributed by atoms with van der Waals surface area (Å²) < 4.78 is 0. The van der Waals surface area contributed by atoms with E-state index in [9.17, 15) is 0 Å². The van der Waals surface area contributed by atoms with Gasteiger partial charge in [0.05, 0.1) is 4.83 Å². The highest BCUT2D eigenvalue weighted by atomic mass is 79.9. The fraction of sp³-hybridized carbons (Fsp3) is 0.250. The Bertz CT molecular complexity index is 828. The summed E-state index contributed by atoms with van der Waals surface area (Å²) in [5, 5.41) is 0.389. The van der Waals surface area contributed by atoms with Gasteiger partial charge in [-0.2, -0.15) is 11.8 Å². The van der Waals surface area contributed by atoms with Crippen LogP contribution in [0.25, 0.3) is 0 Å². The number of halogens is 1. The van der Waals surface area contributed by atoms with Crippen LogP contribution in [0, 0.1) is 13.8 Å². The second-order valence-electron chi connectivity index (χ2n) is 6.76. The van der Waals surface area contributed by atoms with Crippen LogP contribution >= 0.6 is 27.7 Å². The van der Waals surface area contributed by atoms with E-state index in [1.165, 1.54) is 27.8 Å². The Balaban J connectivity index is 1.79. The number of benzene rings is 3. The van der Waals surface area contributed by atoms with E-state index in [0.29, 0.717) is 10.1 Å². The molecule has 0 aliphatic carbocycles. The first-order valence-corrected chi connectivity index (χ1v) is 11.0. The number of hydrogen-bond donors (Lipinski definition) is 0. The van der Waals surface area contributed by atoms with Crippen molar-refractivity contribution in [2.24, 2.45) is 0 Å². The van der Waals surface area contributed by atoms with Crippen LogP contribution in [0.1, 0.15) is 37.9 Å². The number of hydrogen-bond acceptors (Lipinski definition) is 1. The monoisotopic (exact) mass is 424 g/mol. The lowest BCUT2D eigenvalue weighted by molar-refractivity contribution is 0.914. The van der Waals surface area contributed by atoms with Crippen molar-refractivity contribution >= 4 is 27.7 Å². The maximum atomic E-state index is 4.01. The largest absolute Gasteiger partial charge is 0.152 e. The molecule has 3 aromatic carbocycles. The van der Waals surface area contributed by atoms with E-state index in [4.69, 9.17) is 0 Å². The van der Waals surface area contributed by atoms with Gasteiger partial charge in [0.15, 0.2) is 0 Å². The smallest absolute Gasteiger partial charge is 0.0554 e. The van der Waals surface area contributed by atoms with Gasteiger partial charge in [-0.25, -0.2) is 0 Å². The molecule has 2 atom stereocenters. The topological polar surface area (TPSA) is 0 Å². The summed E-state index contributed by atoms with van der Waals surface area (Å²) in [5.41, 5.74) is 6.78. The van der Waals surface area contributed by atoms with Crippen LogP contribution in [0.4, 0.5) is 0 Å². The van der Waals surface area contributed by atoms with Crippen LogP contribution in [0.3, 0.4) is 0 Å². The summed E-state index contributed by atoms with van der Waals surface area (Å²) in [6, 6.07) is 28.5. The van der Waals surface area contributed by atoms with Gasteiger partial charge < -0.3 is 0 Å². The molecule has 0 N–H and O–H groups in total. The average molecular weight is 425 g/mol. The molecule has 0 radical (unpaired) electrons. The van der Waals surface area contributed by atoms with Crippen molar-refractivity contribution in [1.82, 2.24) is 0 Å². The normalized spacial score (nSPS) is 13.3. The van der Waals surface area contributed by atoms with Crippen LogP contribution in [-0.4, -0.2) is 5.75 Å². The van der Waals surface area contributed by atoms with Gasteiger partial charge in [-0.3, -0.25) is 0 Å². The number of alkyl halides is 1. The van der Waals surface area contributed by atoms with Crippen LogP contribution in [0.5, 0.6) is 0 Å². The third-order valence-electron chi connectivity index (χ3n) is 4.53. The zero-order valence-electron chi connectivity index (χ0n) is 15.4. The van der Waals surface area contributed by atoms with E-state index in [1.807, 2.05) is 11.8 Å². The van der Waals surface area contributed by atoms with Crippen LogP contribution in [0.15, 0.2) is 78.9 Å². The van der Waals surface area contributed by atoms with Crippen molar-refractivity contribution in [2.45, 2.75) is 30.3 Å². The van der Waals surface area contributed by atoms with Gasteiger partial charge in [0, 0.05) is 5.25 Å². The second kappa shape index (κ2) is 9.43. The highest BCUT2D eigenvalue weighted by Gasteiger charge is 2.23. The van der Waals surface area contributed by atoms with E-state index in [1.54, 1.807) is 0 Å². The maximum absolute atomic E-state index is 4.01. The predicted octanol–water partition coefficient (Wildman–Crippen LogP) is 7.46. The fourth-order valence-corrected chi connectivity index (χ4v) is 5.48. The lowest BCUT2D eigenvalue weighted by atomic mass is 10.0. The van der Waals surface area contributed by atoms with Crippen LogP contribution < -0.4 is 0 Å². The lowest BCUT2D eigenvalue weighted by Crippen LogP contribution is -2.05. The van der Waals surface area contributed by atoms with Gasteiger partial charge in [-0.15, -0.1) is 0 Å². The molecule has 0 amide bonds. The third kappa shape index (κ3) is 5.25. The Morgan fingerprint density at radius 1 is 0.769 bits per heavy atom. The van der Waals surface area contributed by atoms with Gasteiger partial charge in [-0.1, -0.05) is 106 Å². The maximum Gasteiger partial charge on any atom is 0.0554 e. The van der Waals surface area contributed by atoms with Gasteiger partial charge >= 0.3 is 0 Å². The van der Waals surface area contributed by atoms with Crippen molar-refractivity contribution < 1.29 is 0 Å². The van der Waals surface area contributed by atoms with E-state index >= 15 is 0 Å². The molecule has 0 saturated heterocycles. The quantitative estimate of drug-likeness (QED) is 0.354. The summed E-state index contributed by atoms with van der Waals surface area (Å²) >= 11 is 6.05. The molecule has 3 aromatic rings. The molecular formula is C24H25BrS. The Hall–Kier alpha value is -1.51. The van der Waals surface area contributed by atoms with Crippen molar-refractivity contribution in [2.75, 3.05) is 5.75 Å².